The van der Waals surface area contributed by atoms with Gasteiger partial charge in [0, 0.05) is 20.6 Å². The van der Waals surface area contributed by atoms with E-state index < -0.39 is 24.7 Å². The van der Waals surface area contributed by atoms with E-state index in [1.54, 1.807) is 0 Å². The van der Waals surface area contributed by atoms with Gasteiger partial charge < -0.3 is 24.9 Å². The Kier molecular flexibility index (Phi) is 3.70. The van der Waals surface area contributed by atoms with Crippen LogP contribution in [0.3, 0.4) is 0 Å². The molecule has 3 rings (SSSR count). The fourth-order valence-corrected chi connectivity index (χ4v) is 2.46. The summed E-state index contributed by atoms with van der Waals surface area (Å²) in [5.74, 6) is 0.755. The average molecular weight is 297 g/mol. The molecule has 0 bridgehead atoms. The van der Waals surface area contributed by atoms with Gasteiger partial charge in [-0.2, -0.15) is 0 Å². The van der Waals surface area contributed by atoms with E-state index in [4.69, 9.17) is 19.9 Å². The zero-order valence-corrected chi connectivity index (χ0v) is 11.6. The Labute approximate surface area is 119 Å². The number of hydrogen-bond acceptors (Lipinski definition) is 7. The summed E-state index contributed by atoms with van der Waals surface area (Å²) in [7, 11) is 2.88. The van der Waals surface area contributed by atoms with Crippen molar-refractivity contribution < 1.29 is 18.6 Å². The molecule has 1 aliphatic heterocycles. The van der Waals surface area contributed by atoms with Crippen molar-refractivity contribution in [3.8, 4) is 0 Å². The van der Waals surface area contributed by atoms with Gasteiger partial charge in [0.25, 0.3) is 0 Å². The Morgan fingerprint density at radius 3 is 2.86 bits per heavy atom. The zero-order chi connectivity index (χ0) is 15.0. The molecule has 114 valence electrons. The van der Waals surface area contributed by atoms with E-state index in [-0.39, 0.29) is 12.2 Å². The average Bonchev–Trinajstić information content (AvgIpc) is 3.06. The monoisotopic (exact) mass is 297 g/mol. The second kappa shape index (κ2) is 5.51. The highest BCUT2D eigenvalue weighted by Gasteiger charge is 2.42. The molecule has 2 aromatic rings. The lowest BCUT2D eigenvalue weighted by Crippen LogP contribution is -2.35. The molecule has 3 unspecified atom stereocenters. The third-order valence-corrected chi connectivity index (χ3v) is 3.49. The lowest BCUT2D eigenvalue weighted by atomic mass is 10.1. The van der Waals surface area contributed by atoms with Gasteiger partial charge in [0.15, 0.2) is 17.8 Å². The van der Waals surface area contributed by atoms with Crippen LogP contribution in [0.1, 0.15) is 18.3 Å². The predicted octanol–water partition coefficient (Wildman–Crippen LogP) is 0.722. The van der Waals surface area contributed by atoms with Gasteiger partial charge in [0.2, 0.25) is 0 Å². The summed E-state index contributed by atoms with van der Waals surface area (Å²) < 4.78 is 29.9. The molecular weight excluding hydrogens is 281 g/mol. The number of fused-ring (bicyclic) bond motifs is 1. The minimum atomic E-state index is -1.21. The van der Waals surface area contributed by atoms with Crippen LogP contribution in [0.25, 0.3) is 11.2 Å². The second-order valence-corrected chi connectivity index (χ2v) is 4.76. The summed E-state index contributed by atoms with van der Waals surface area (Å²) in [4.78, 5) is 15.1. The molecule has 1 aliphatic rings. The number of methoxy groups -OCH3 is 2. The molecule has 0 amide bonds. The van der Waals surface area contributed by atoms with Gasteiger partial charge in [-0.25, -0.2) is 19.3 Å². The third-order valence-electron chi connectivity index (χ3n) is 3.49. The van der Waals surface area contributed by atoms with Crippen molar-refractivity contribution in [3.05, 3.63) is 12.2 Å². The van der Waals surface area contributed by atoms with Gasteiger partial charge in [-0.3, -0.25) is 0 Å². The van der Waals surface area contributed by atoms with Crippen molar-refractivity contribution >= 4 is 17.0 Å². The Bertz CT molecular complexity index is 632. The van der Waals surface area contributed by atoms with Crippen LogP contribution in [-0.4, -0.2) is 52.7 Å². The number of aromatic amines is 1. The van der Waals surface area contributed by atoms with Gasteiger partial charge in [-0.05, 0) is 0 Å². The number of hydrogen-bond donors (Lipinski definition) is 2. The fraction of sp³-hybridized carbons (Fsp3) is 0.583. The molecule has 0 aliphatic carbocycles. The molecule has 1 saturated heterocycles. The number of ether oxygens (including phenoxy) is 3. The quantitative estimate of drug-likeness (QED) is 0.800. The Morgan fingerprint density at radius 1 is 1.43 bits per heavy atom. The molecule has 8 nitrogen and oxygen atoms in total. The van der Waals surface area contributed by atoms with Crippen molar-refractivity contribution in [2.75, 3.05) is 20.0 Å². The van der Waals surface area contributed by atoms with E-state index in [1.165, 1.54) is 20.5 Å². The highest BCUT2D eigenvalue weighted by molar-refractivity contribution is 5.81. The van der Waals surface area contributed by atoms with Crippen molar-refractivity contribution in [3.63, 3.8) is 0 Å². The number of rotatable bonds is 4. The molecule has 3 heterocycles. The molecule has 21 heavy (non-hydrogen) atoms. The number of anilines is 1. The van der Waals surface area contributed by atoms with Gasteiger partial charge >= 0.3 is 0 Å². The first-order chi connectivity index (χ1) is 10.1. The number of nitrogen functional groups attached to an aromatic ring is 1. The van der Waals surface area contributed by atoms with Gasteiger partial charge in [0.1, 0.15) is 36.0 Å². The Hall–Kier alpha value is -1.84. The Morgan fingerprint density at radius 2 is 2.19 bits per heavy atom. The maximum atomic E-state index is 14.1. The summed E-state index contributed by atoms with van der Waals surface area (Å²) in [5.41, 5.74) is 6.68. The zero-order valence-electron chi connectivity index (χ0n) is 11.6. The highest BCUT2D eigenvalue weighted by Crippen LogP contribution is 2.36. The largest absolute Gasteiger partial charge is 0.382 e. The molecule has 0 radical (unpaired) electrons. The Balaban J connectivity index is 1.85. The maximum absolute atomic E-state index is 14.1. The molecule has 0 spiro atoms. The summed E-state index contributed by atoms with van der Waals surface area (Å²) >= 11 is 0. The summed E-state index contributed by atoms with van der Waals surface area (Å²) in [6, 6.07) is 0. The van der Waals surface area contributed by atoms with E-state index in [9.17, 15) is 4.39 Å². The highest BCUT2D eigenvalue weighted by atomic mass is 19.1. The number of halogens is 1. The molecule has 1 fully saturated rings. The summed E-state index contributed by atoms with van der Waals surface area (Å²) in [6.45, 7) is 0. The molecule has 3 N–H and O–H groups in total. The molecule has 0 saturated carbocycles. The number of H-pyrrole nitrogens is 1. The van der Waals surface area contributed by atoms with Crippen LogP contribution in [0.4, 0.5) is 10.2 Å². The van der Waals surface area contributed by atoms with Crippen molar-refractivity contribution in [1.82, 2.24) is 19.9 Å². The molecular formula is C12H16FN5O3. The van der Waals surface area contributed by atoms with Crippen LogP contribution in [0.2, 0.25) is 0 Å². The van der Waals surface area contributed by atoms with Crippen molar-refractivity contribution in [2.45, 2.75) is 31.1 Å². The van der Waals surface area contributed by atoms with Crippen LogP contribution in [0.5, 0.6) is 0 Å². The third kappa shape index (κ3) is 2.43. The fourth-order valence-electron chi connectivity index (χ4n) is 2.46. The van der Waals surface area contributed by atoms with E-state index in [0.717, 1.165) is 0 Å². The lowest BCUT2D eigenvalue weighted by Gasteiger charge is -2.21. The standard InChI is InChI=1S/C12H16FN5O3/c1-19-12(20-2)8-5(13)3-6(21-8)10-17-7-9(14)15-4-16-11(7)18-10/h4-6,8,12H,3H2,1-2H3,(H3,14,15,16,17,18). The number of alkyl halides is 1. The van der Waals surface area contributed by atoms with Crippen LogP contribution >= 0.6 is 0 Å². The molecule has 3 atom stereocenters. The number of nitrogens with two attached hydrogens (primary N) is 1. The molecule has 2 aromatic heterocycles. The van der Waals surface area contributed by atoms with Gasteiger partial charge in [0.05, 0.1) is 0 Å². The summed E-state index contributed by atoms with van der Waals surface area (Å²) in [5, 5.41) is 0. The maximum Gasteiger partial charge on any atom is 0.185 e. The first-order valence-corrected chi connectivity index (χ1v) is 6.45. The first kappa shape index (κ1) is 14.1. The van der Waals surface area contributed by atoms with Crippen molar-refractivity contribution in [1.29, 1.82) is 0 Å². The minimum absolute atomic E-state index is 0.154. The second-order valence-electron chi connectivity index (χ2n) is 4.76. The predicted molar refractivity (Wildman–Crippen MR) is 71.0 cm³/mol. The van der Waals surface area contributed by atoms with Crippen LogP contribution in [0.15, 0.2) is 6.33 Å². The van der Waals surface area contributed by atoms with Crippen LogP contribution < -0.4 is 5.73 Å². The normalized spacial score (nSPS) is 26.0. The van der Waals surface area contributed by atoms with E-state index in [2.05, 4.69) is 19.9 Å². The van der Waals surface area contributed by atoms with Crippen molar-refractivity contribution in [2.24, 2.45) is 0 Å². The van der Waals surface area contributed by atoms with Crippen LogP contribution in [-0.2, 0) is 14.2 Å². The first-order valence-electron chi connectivity index (χ1n) is 6.45. The minimum Gasteiger partial charge on any atom is -0.382 e. The van der Waals surface area contributed by atoms with E-state index in [1.807, 2.05) is 0 Å². The van der Waals surface area contributed by atoms with E-state index >= 15 is 0 Å². The topological polar surface area (TPSA) is 108 Å². The van der Waals surface area contributed by atoms with Gasteiger partial charge in [-0.1, -0.05) is 0 Å². The molecule has 0 aromatic carbocycles. The number of imidazole rings is 1. The molecule has 9 heteroatoms. The SMILES string of the molecule is COC(OC)C1OC(c2nc3ncnc(N)c3[nH]2)CC1F. The van der Waals surface area contributed by atoms with Crippen LogP contribution in [0, 0.1) is 0 Å². The summed E-state index contributed by atoms with van der Waals surface area (Å²) in [6.07, 6.45) is -1.84. The van der Waals surface area contributed by atoms with E-state index in [0.29, 0.717) is 17.0 Å². The number of nitrogens with one attached hydrogen (secondary N) is 1. The number of aromatic nitrogens is 4. The smallest absolute Gasteiger partial charge is 0.185 e. The van der Waals surface area contributed by atoms with Gasteiger partial charge in [-0.15, -0.1) is 0 Å². The number of nitrogens with zero attached hydrogens (tertiary/aromatic N) is 3. The lowest BCUT2D eigenvalue weighted by molar-refractivity contribution is -0.186.